The van der Waals surface area contributed by atoms with E-state index in [2.05, 4.69) is 0 Å². The summed E-state index contributed by atoms with van der Waals surface area (Å²) in [5.74, 6) is -1.27. The predicted octanol–water partition coefficient (Wildman–Crippen LogP) is 2.66. The van der Waals surface area contributed by atoms with Crippen molar-refractivity contribution in [3.8, 4) is 0 Å². The minimum Gasteiger partial charge on any atom is -0.207 e. The number of hydrogen-bond donors (Lipinski definition) is 0. The molecule has 0 aromatic heterocycles. The molecule has 2 aliphatic rings. The zero-order valence-corrected chi connectivity index (χ0v) is 11.3. The first-order valence-electron chi connectivity index (χ1n) is 8.54. The Kier molecular flexibility index (Phi) is 2.39. The molecule has 2 bridgehead atoms. The number of hydrogen-bond acceptors (Lipinski definition) is 2. The average Bonchev–Trinajstić information content (AvgIpc) is 2.75. The fourth-order valence-electron chi connectivity index (χ4n) is 2.34. The van der Waals surface area contributed by atoms with E-state index in [1.807, 2.05) is 0 Å². The molecule has 4 unspecified atom stereocenters. The van der Waals surface area contributed by atoms with E-state index in [9.17, 15) is 8.42 Å². The first-order valence-corrected chi connectivity index (χ1v) is 7.82. The van der Waals surface area contributed by atoms with Gasteiger partial charge in [-0.25, -0.2) is 8.42 Å². The van der Waals surface area contributed by atoms with Crippen molar-refractivity contribution in [2.45, 2.75) is 24.1 Å². The lowest BCUT2D eigenvalue weighted by Gasteiger charge is -2.28. The first-order chi connectivity index (χ1) is 10.8. The number of benzene rings is 1. The third-order valence-corrected chi connectivity index (χ3v) is 5.00. The standard InChI is InChI=1S/C15H19NO2S/c17-19(18,15-7-2-1-3-8-15)16-11-13-5-4-6-14(12-16)10-9-13/h1-3,7-10,13-14H,4-6,11-12H2/i5D,11D2,12D. The minimum atomic E-state index is -4.16. The van der Waals surface area contributed by atoms with Crippen LogP contribution in [0.2, 0.25) is 0 Å². The molecule has 4 heteroatoms. The fraction of sp³-hybridized carbons (Fsp3) is 0.467. The van der Waals surface area contributed by atoms with Gasteiger partial charge in [-0.05, 0) is 36.8 Å². The Balaban J connectivity index is 2.14. The smallest absolute Gasteiger partial charge is 0.207 e. The van der Waals surface area contributed by atoms with Gasteiger partial charge in [-0.15, -0.1) is 0 Å². The van der Waals surface area contributed by atoms with Crippen LogP contribution in [0.25, 0.3) is 0 Å². The van der Waals surface area contributed by atoms with Gasteiger partial charge in [0.05, 0.1) is 4.90 Å². The third kappa shape index (κ3) is 2.60. The predicted molar refractivity (Wildman–Crippen MR) is 75.2 cm³/mol. The van der Waals surface area contributed by atoms with Gasteiger partial charge in [-0.1, -0.05) is 36.8 Å². The van der Waals surface area contributed by atoms with Crippen molar-refractivity contribution < 1.29 is 13.9 Å². The molecule has 1 aliphatic heterocycles. The summed E-state index contributed by atoms with van der Waals surface area (Å²) in [4.78, 5) is -0.0253. The van der Waals surface area contributed by atoms with Crippen molar-refractivity contribution in [2.75, 3.05) is 13.0 Å². The maximum absolute atomic E-state index is 13.0. The molecule has 19 heavy (non-hydrogen) atoms. The molecule has 0 saturated carbocycles. The lowest BCUT2D eigenvalue weighted by Crippen LogP contribution is -2.38. The number of sulfonamides is 1. The second-order valence-corrected chi connectivity index (χ2v) is 6.59. The fourth-order valence-corrected chi connectivity index (χ4v) is 3.65. The summed E-state index contributed by atoms with van der Waals surface area (Å²) < 4.78 is 59.9. The van der Waals surface area contributed by atoms with Crippen LogP contribution in [0, 0.1) is 11.8 Å². The summed E-state index contributed by atoms with van der Waals surface area (Å²) in [6.07, 6.45) is 3.59. The molecule has 3 rings (SSSR count). The Morgan fingerprint density at radius 1 is 1.16 bits per heavy atom. The number of fused-ring (bicyclic) bond motifs is 2. The van der Waals surface area contributed by atoms with Crippen LogP contribution in [-0.4, -0.2) is 25.7 Å². The van der Waals surface area contributed by atoms with Gasteiger partial charge in [0.2, 0.25) is 10.0 Å². The van der Waals surface area contributed by atoms with Crippen LogP contribution in [0.15, 0.2) is 47.4 Å². The number of rotatable bonds is 2. The lowest BCUT2D eigenvalue weighted by atomic mass is 10.00. The zero-order chi connectivity index (χ0) is 16.8. The van der Waals surface area contributed by atoms with E-state index in [1.54, 1.807) is 30.4 Å². The van der Waals surface area contributed by atoms with Crippen LogP contribution < -0.4 is 0 Å². The van der Waals surface area contributed by atoms with Crippen LogP contribution >= 0.6 is 0 Å². The Bertz CT molecular complexity index is 707. The number of nitrogens with zero attached hydrogens (tertiary/aromatic N) is 1. The van der Waals surface area contributed by atoms with E-state index in [1.165, 1.54) is 12.1 Å². The Morgan fingerprint density at radius 2 is 1.89 bits per heavy atom. The van der Waals surface area contributed by atoms with Gasteiger partial charge in [0.15, 0.2) is 0 Å². The van der Waals surface area contributed by atoms with Gasteiger partial charge in [0.25, 0.3) is 0 Å². The van der Waals surface area contributed by atoms with Gasteiger partial charge >= 0.3 is 0 Å². The van der Waals surface area contributed by atoms with Gasteiger partial charge in [-0.2, -0.15) is 4.31 Å². The van der Waals surface area contributed by atoms with Crippen LogP contribution in [0.3, 0.4) is 0 Å². The van der Waals surface area contributed by atoms with E-state index >= 15 is 0 Å². The highest BCUT2D eigenvalue weighted by molar-refractivity contribution is 7.89. The largest absolute Gasteiger partial charge is 0.243 e. The summed E-state index contributed by atoms with van der Waals surface area (Å²) in [6, 6.07) is 7.65. The van der Waals surface area contributed by atoms with Gasteiger partial charge in [-0.3, -0.25) is 0 Å². The highest BCUT2D eigenvalue weighted by atomic mass is 32.2. The molecule has 3 nitrogen and oxygen atoms in total. The third-order valence-electron chi connectivity index (χ3n) is 3.39. The molecule has 0 fully saturated rings. The molecular weight excluding hydrogens is 258 g/mol. The summed E-state index contributed by atoms with van der Waals surface area (Å²) in [5.41, 5.74) is 0. The highest BCUT2D eigenvalue weighted by Gasteiger charge is 2.31. The van der Waals surface area contributed by atoms with Crippen molar-refractivity contribution >= 4 is 10.0 Å². The highest BCUT2D eigenvalue weighted by Crippen LogP contribution is 2.30. The second-order valence-electron chi connectivity index (χ2n) is 4.78. The van der Waals surface area contributed by atoms with Crippen LogP contribution in [0.1, 0.15) is 24.7 Å². The Morgan fingerprint density at radius 3 is 2.68 bits per heavy atom. The van der Waals surface area contributed by atoms with Gasteiger partial charge in [0.1, 0.15) is 0 Å². The molecule has 0 radical (unpaired) electrons. The molecule has 1 aromatic rings. The average molecular weight is 281 g/mol. The van der Waals surface area contributed by atoms with Crippen LogP contribution in [0.5, 0.6) is 0 Å². The summed E-state index contributed by atoms with van der Waals surface area (Å²) >= 11 is 0. The van der Waals surface area contributed by atoms with Gasteiger partial charge in [0, 0.05) is 18.5 Å². The SMILES string of the molecule is [2H]C1CCC2C=CC1C([2H])([2H])N(S(=O)(=O)c1ccccc1)C2[2H]. The molecule has 102 valence electrons. The van der Waals surface area contributed by atoms with Crippen LogP contribution in [-0.2, 0) is 10.0 Å². The van der Waals surface area contributed by atoms with Gasteiger partial charge < -0.3 is 0 Å². The quantitative estimate of drug-likeness (QED) is 0.782. The maximum atomic E-state index is 13.0. The van der Waals surface area contributed by atoms with Crippen molar-refractivity contribution in [2.24, 2.45) is 11.8 Å². The van der Waals surface area contributed by atoms with Crippen molar-refractivity contribution in [1.82, 2.24) is 4.31 Å². The Hall–Kier alpha value is -1.13. The second kappa shape index (κ2) is 5.10. The monoisotopic (exact) mass is 281 g/mol. The molecule has 0 N–H and O–H groups in total. The molecule has 1 aromatic carbocycles. The molecule has 0 spiro atoms. The van der Waals surface area contributed by atoms with Crippen molar-refractivity contribution in [1.29, 1.82) is 0 Å². The molecule has 0 amide bonds. The molecule has 1 heterocycles. The summed E-state index contributed by atoms with van der Waals surface area (Å²) in [5, 5.41) is 0. The topological polar surface area (TPSA) is 37.4 Å². The maximum Gasteiger partial charge on any atom is 0.243 e. The van der Waals surface area contributed by atoms with E-state index in [0.29, 0.717) is 17.1 Å². The van der Waals surface area contributed by atoms with E-state index in [-0.39, 0.29) is 4.90 Å². The molecule has 4 atom stereocenters. The Labute approximate surface area is 120 Å². The van der Waals surface area contributed by atoms with Crippen molar-refractivity contribution in [3.63, 3.8) is 0 Å². The van der Waals surface area contributed by atoms with E-state index < -0.39 is 41.3 Å². The molecule has 1 aliphatic carbocycles. The van der Waals surface area contributed by atoms with E-state index in [0.717, 1.165) is 0 Å². The minimum absolute atomic E-state index is 0.0253. The molecular formula is C15H19NO2S. The molecule has 0 saturated heterocycles. The lowest BCUT2D eigenvalue weighted by molar-refractivity contribution is 0.308. The van der Waals surface area contributed by atoms with E-state index in [4.69, 9.17) is 5.48 Å². The summed E-state index contributed by atoms with van der Waals surface area (Å²) in [7, 11) is -4.16. The summed E-state index contributed by atoms with van der Waals surface area (Å²) in [6.45, 7) is -3.54. The van der Waals surface area contributed by atoms with Crippen LogP contribution in [0.4, 0.5) is 0 Å². The zero-order valence-electron chi connectivity index (χ0n) is 14.4. The normalized spacial score (nSPS) is 41.5. The van der Waals surface area contributed by atoms with Crippen molar-refractivity contribution in [3.05, 3.63) is 42.5 Å². The first kappa shape index (κ1) is 8.93.